The van der Waals surface area contributed by atoms with Crippen molar-refractivity contribution in [2.24, 2.45) is 0 Å². The Hall–Kier alpha value is -2.97. The topological polar surface area (TPSA) is 102 Å². The van der Waals surface area contributed by atoms with E-state index in [-0.39, 0.29) is 31.2 Å². The van der Waals surface area contributed by atoms with Gasteiger partial charge >= 0.3 is 12.1 Å². The molecule has 1 heterocycles. The quantitative estimate of drug-likeness (QED) is 0.743. The fourth-order valence-electron chi connectivity index (χ4n) is 2.58. The van der Waals surface area contributed by atoms with Crippen LogP contribution in [0.2, 0.25) is 0 Å². The molecule has 1 fully saturated rings. The molecule has 0 aromatic heterocycles. The number of hydroxylamine groups is 2. The van der Waals surface area contributed by atoms with Gasteiger partial charge in [-0.15, -0.1) is 5.06 Å². The molecule has 0 saturated carbocycles. The Bertz CT molecular complexity index is 758. The number of rotatable bonds is 6. The van der Waals surface area contributed by atoms with Gasteiger partial charge < -0.3 is 14.9 Å². The van der Waals surface area contributed by atoms with Crippen molar-refractivity contribution in [2.45, 2.75) is 58.1 Å². The fraction of sp³-hybridized carbons (Fsp3) is 0.474. The third-order valence-corrected chi connectivity index (χ3v) is 3.76. The highest BCUT2D eigenvalue weighted by Crippen LogP contribution is 2.16. The van der Waals surface area contributed by atoms with E-state index >= 15 is 0 Å². The summed E-state index contributed by atoms with van der Waals surface area (Å²) in [7, 11) is 0. The summed E-state index contributed by atoms with van der Waals surface area (Å²) < 4.78 is 19.1. The molecule has 9 heteroatoms. The van der Waals surface area contributed by atoms with Gasteiger partial charge in [0.1, 0.15) is 11.4 Å². The first-order valence-electron chi connectivity index (χ1n) is 8.84. The van der Waals surface area contributed by atoms with Crippen molar-refractivity contribution in [1.82, 2.24) is 10.4 Å². The van der Waals surface area contributed by atoms with E-state index in [2.05, 4.69) is 5.32 Å². The molecule has 1 unspecified atom stereocenters. The first-order chi connectivity index (χ1) is 13.0. The van der Waals surface area contributed by atoms with Crippen LogP contribution in [0, 0.1) is 5.82 Å². The molecule has 1 saturated heterocycles. The predicted octanol–water partition coefficient (Wildman–Crippen LogP) is 2.26. The van der Waals surface area contributed by atoms with Gasteiger partial charge in [0.15, 0.2) is 0 Å². The Morgan fingerprint density at radius 3 is 2.36 bits per heavy atom. The highest BCUT2D eigenvalue weighted by molar-refractivity contribution is 6.01. The summed E-state index contributed by atoms with van der Waals surface area (Å²) in [6.07, 6.45) is -1.23. The zero-order chi connectivity index (χ0) is 20.9. The van der Waals surface area contributed by atoms with Gasteiger partial charge in [-0.1, -0.05) is 18.2 Å². The smallest absolute Gasteiger partial charge is 0.407 e. The second kappa shape index (κ2) is 8.81. The first-order valence-corrected chi connectivity index (χ1v) is 8.84. The average Bonchev–Trinajstić information content (AvgIpc) is 2.87. The second-order valence-corrected chi connectivity index (χ2v) is 7.39. The van der Waals surface area contributed by atoms with Crippen LogP contribution in [0.1, 0.15) is 45.6 Å². The van der Waals surface area contributed by atoms with E-state index in [4.69, 9.17) is 9.57 Å². The van der Waals surface area contributed by atoms with Crippen LogP contribution in [0.5, 0.6) is 0 Å². The van der Waals surface area contributed by atoms with Crippen LogP contribution in [-0.4, -0.2) is 40.6 Å². The van der Waals surface area contributed by atoms with Crippen LogP contribution in [0.15, 0.2) is 24.3 Å². The summed E-state index contributed by atoms with van der Waals surface area (Å²) in [4.78, 5) is 52.2. The van der Waals surface area contributed by atoms with Gasteiger partial charge in [0.2, 0.25) is 0 Å². The lowest BCUT2D eigenvalue weighted by atomic mass is 10.0. The van der Waals surface area contributed by atoms with Gasteiger partial charge in [-0.05, 0) is 38.8 Å². The van der Waals surface area contributed by atoms with Crippen molar-refractivity contribution in [3.8, 4) is 0 Å². The monoisotopic (exact) mass is 394 g/mol. The number of alkyl carbamates (subject to hydrolysis) is 1. The Labute approximate surface area is 161 Å². The molecule has 1 aromatic carbocycles. The second-order valence-electron chi connectivity index (χ2n) is 7.39. The number of ether oxygens (including phenoxy) is 1. The minimum atomic E-state index is -0.902. The Morgan fingerprint density at radius 2 is 1.79 bits per heavy atom. The van der Waals surface area contributed by atoms with Crippen LogP contribution < -0.4 is 5.32 Å². The van der Waals surface area contributed by atoms with E-state index in [1.807, 2.05) is 0 Å². The number of carbonyl (C=O) groups excluding carboxylic acids is 4. The fourth-order valence-corrected chi connectivity index (χ4v) is 2.58. The van der Waals surface area contributed by atoms with Crippen molar-refractivity contribution < 1.29 is 33.1 Å². The van der Waals surface area contributed by atoms with Crippen molar-refractivity contribution >= 4 is 23.9 Å². The van der Waals surface area contributed by atoms with Gasteiger partial charge in [-0.2, -0.15) is 0 Å². The molecule has 0 bridgehead atoms. The maximum Gasteiger partial charge on any atom is 0.407 e. The zero-order valence-electron chi connectivity index (χ0n) is 16.0. The Balaban J connectivity index is 2.07. The van der Waals surface area contributed by atoms with Gasteiger partial charge in [-0.25, -0.2) is 14.0 Å². The summed E-state index contributed by atoms with van der Waals surface area (Å²) >= 11 is 0. The molecule has 0 aliphatic carbocycles. The average molecular weight is 394 g/mol. The molecule has 1 aromatic rings. The molecule has 1 aliphatic rings. The zero-order valence-corrected chi connectivity index (χ0v) is 16.0. The third kappa shape index (κ3) is 6.33. The van der Waals surface area contributed by atoms with Crippen molar-refractivity contribution in [3.05, 3.63) is 35.6 Å². The Morgan fingerprint density at radius 1 is 1.18 bits per heavy atom. The third-order valence-electron chi connectivity index (χ3n) is 3.76. The molecule has 28 heavy (non-hydrogen) atoms. The SMILES string of the molecule is CC(C)(C)OC(=O)NC(CC(=O)ON1C(=O)CCC1=O)Cc1ccccc1F. The number of benzene rings is 1. The molecule has 2 rings (SSSR count). The highest BCUT2D eigenvalue weighted by Gasteiger charge is 2.33. The maximum absolute atomic E-state index is 14.0. The largest absolute Gasteiger partial charge is 0.444 e. The number of halogens is 1. The summed E-state index contributed by atoms with van der Waals surface area (Å²) in [5, 5.41) is 2.94. The number of amides is 3. The van der Waals surface area contributed by atoms with Gasteiger partial charge in [-0.3, -0.25) is 9.59 Å². The molecule has 3 amide bonds. The number of imide groups is 1. The molecular weight excluding hydrogens is 371 g/mol. The summed E-state index contributed by atoms with van der Waals surface area (Å²) in [5.74, 6) is -2.61. The Kier molecular flexibility index (Phi) is 6.71. The lowest BCUT2D eigenvalue weighted by Crippen LogP contribution is -2.42. The van der Waals surface area contributed by atoms with Crippen LogP contribution in [0.4, 0.5) is 9.18 Å². The molecular formula is C19H23FN2O6. The summed E-state index contributed by atoms with van der Waals surface area (Å²) in [5.41, 5.74) is -0.480. The molecule has 1 atom stereocenters. The summed E-state index contributed by atoms with van der Waals surface area (Å²) in [6.45, 7) is 5.03. The number of nitrogens with one attached hydrogen (secondary N) is 1. The van der Waals surface area contributed by atoms with Crippen molar-refractivity contribution in [1.29, 1.82) is 0 Å². The minimum absolute atomic E-state index is 0.0110. The van der Waals surface area contributed by atoms with Gasteiger partial charge in [0.25, 0.3) is 11.8 Å². The highest BCUT2D eigenvalue weighted by atomic mass is 19.1. The summed E-state index contributed by atoms with van der Waals surface area (Å²) in [6, 6.07) is 5.07. The molecule has 0 radical (unpaired) electrons. The van der Waals surface area contributed by atoms with E-state index in [0.717, 1.165) is 0 Å². The van der Waals surface area contributed by atoms with Crippen LogP contribution in [-0.2, 0) is 30.4 Å². The van der Waals surface area contributed by atoms with E-state index in [1.165, 1.54) is 18.2 Å². The lowest BCUT2D eigenvalue weighted by Gasteiger charge is -2.24. The van der Waals surface area contributed by atoms with Gasteiger partial charge in [0.05, 0.1) is 6.42 Å². The normalized spacial score (nSPS) is 15.4. The predicted molar refractivity (Wildman–Crippen MR) is 95.1 cm³/mol. The van der Waals surface area contributed by atoms with E-state index < -0.39 is 41.3 Å². The maximum atomic E-state index is 14.0. The first kappa shape index (κ1) is 21.3. The number of hydrogen-bond donors (Lipinski definition) is 1. The van der Waals surface area contributed by atoms with Crippen molar-refractivity contribution in [2.75, 3.05) is 0 Å². The lowest BCUT2D eigenvalue weighted by molar-refractivity contribution is -0.197. The molecule has 152 valence electrons. The van der Waals surface area contributed by atoms with Gasteiger partial charge in [0, 0.05) is 18.9 Å². The van der Waals surface area contributed by atoms with Crippen LogP contribution >= 0.6 is 0 Å². The molecule has 1 N–H and O–H groups in total. The molecule has 1 aliphatic heterocycles. The minimum Gasteiger partial charge on any atom is -0.444 e. The van der Waals surface area contributed by atoms with E-state index in [9.17, 15) is 23.6 Å². The molecule has 8 nitrogen and oxygen atoms in total. The van der Waals surface area contributed by atoms with Crippen molar-refractivity contribution in [3.63, 3.8) is 0 Å². The molecule has 0 spiro atoms. The van der Waals surface area contributed by atoms with E-state index in [0.29, 0.717) is 5.06 Å². The van der Waals surface area contributed by atoms with Crippen LogP contribution in [0.25, 0.3) is 0 Å². The number of hydrogen-bond acceptors (Lipinski definition) is 6. The van der Waals surface area contributed by atoms with E-state index in [1.54, 1.807) is 26.8 Å². The van der Waals surface area contributed by atoms with Crippen LogP contribution in [0.3, 0.4) is 0 Å². The standard InChI is InChI=1S/C19H23FN2O6/c1-19(2,3)27-18(26)21-13(10-12-6-4-5-7-14(12)20)11-17(25)28-22-15(23)8-9-16(22)24/h4-7,13H,8-11H2,1-3H3,(H,21,26). The number of nitrogens with zero attached hydrogens (tertiary/aromatic N) is 1. The number of carbonyl (C=O) groups is 4.